The van der Waals surface area contributed by atoms with Crippen LogP contribution in [0.1, 0.15) is 46.5 Å². The first kappa shape index (κ1) is 14.0. The molecule has 2 heteroatoms. The van der Waals surface area contributed by atoms with Crippen LogP contribution in [0.25, 0.3) is 0 Å². The zero-order valence-electron chi connectivity index (χ0n) is 11.4. The Labute approximate surface area is 101 Å². The van der Waals surface area contributed by atoms with Crippen LogP contribution in [-0.4, -0.2) is 19.8 Å². The molecular formula is C14H29NO. The van der Waals surface area contributed by atoms with Crippen LogP contribution in [0.4, 0.5) is 0 Å². The summed E-state index contributed by atoms with van der Waals surface area (Å²) in [6.45, 7) is 7.81. The van der Waals surface area contributed by atoms with Gasteiger partial charge in [-0.1, -0.05) is 20.8 Å². The maximum Gasteiger partial charge on any atom is 0.0488 e. The number of ether oxygens (including phenoxy) is 1. The molecule has 2 N–H and O–H groups in total. The molecule has 16 heavy (non-hydrogen) atoms. The molecular weight excluding hydrogens is 198 g/mol. The third-order valence-corrected chi connectivity index (χ3v) is 3.95. The quantitative estimate of drug-likeness (QED) is 0.783. The van der Waals surface area contributed by atoms with E-state index in [0.717, 1.165) is 30.8 Å². The van der Waals surface area contributed by atoms with E-state index in [0.29, 0.717) is 12.0 Å². The van der Waals surface area contributed by atoms with Crippen molar-refractivity contribution in [2.24, 2.45) is 29.4 Å². The molecule has 0 bridgehead atoms. The molecule has 1 saturated carbocycles. The topological polar surface area (TPSA) is 35.2 Å². The van der Waals surface area contributed by atoms with Gasteiger partial charge in [0.1, 0.15) is 0 Å². The SMILES string of the molecule is COCC(C)CC(N)C1CC(C)CC(C)C1. The largest absolute Gasteiger partial charge is 0.384 e. The van der Waals surface area contributed by atoms with Gasteiger partial charge in [0.2, 0.25) is 0 Å². The summed E-state index contributed by atoms with van der Waals surface area (Å²) in [4.78, 5) is 0. The van der Waals surface area contributed by atoms with Crippen molar-refractivity contribution in [2.45, 2.75) is 52.5 Å². The highest BCUT2D eigenvalue weighted by molar-refractivity contribution is 4.82. The van der Waals surface area contributed by atoms with E-state index in [-0.39, 0.29) is 0 Å². The molecule has 0 radical (unpaired) electrons. The van der Waals surface area contributed by atoms with E-state index in [9.17, 15) is 0 Å². The molecule has 0 aromatic carbocycles. The molecule has 1 aliphatic carbocycles. The van der Waals surface area contributed by atoms with Crippen molar-refractivity contribution in [2.75, 3.05) is 13.7 Å². The van der Waals surface area contributed by atoms with Gasteiger partial charge in [-0.25, -0.2) is 0 Å². The molecule has 2 nitrogen and oxygen atoms in total. The van der Waals surface area contributed by atoms with Crippen LogP contribution in [0.2, 0.25) is 0 Å². The average Bonchev–Trinajstić information content (AvgIpc) is 2.16. The Hall–Kier alpha value is -0.0800. The monoisotopic (exact) mass is 227 g/mol. The Morgan fingerprint density at radius 1 is 1.19 bits per heavy atom. The van der Waals surface area contributed by atoms with Gasteiger partial charge in [-0.3, -0.25) is 0 Å². The lowest BCUT2D eigenvalue weighted by Crippen LogP contribution is -2.37. The summed E-state index contributed by atoms with van der Waals surface area (Å²) in [7, 11) is 1.77. The molecule has 96 valence electrons. The minimum atomic E-state index is 0.371. The Balaban J connectivity index is 2.37. The molecule has 0 aliphatic heterocycles. The number of rotatable bonds is 5. The predicted octanol–water partition coefficient (Wildman–Crippen LogP) is 3.06. The van der Waals surface area contributed by atoms with E-state index in [1.54, 1.807) is 7.11 Å². The first-order valence-electron chi connectivity index (χ1n) is 6.77. The van der Waals surface area contributed by atoms with Crippen LogP contribution in [0, 0.1) is 23.7 Å². The first-order chi connectivity index (χ1) is 7.52. The van der Waals surface area contributed by atoms with Crippen molar-refractivity contribution in [3.8, 4) is 0 Å². The molecule has 0 amide bonds. The second-order valence-electron chi connectivity index (χ2n) is 6.14. The van der Waals surface area contributed by atoms with Crippen LogP contribution in [0.15, 0.2) is 0 Å². The van der Waals surface area contributed by atoms with Crippen molar-refractivity contribution >= 4 is 0 Å². The Morgan fingerprint density at radius 3 is 2.25 bits per heavy atom. The van der Waals surface area contributed by atoms with Crippen molar-refractivity contribution in [1.29, 1.82) is 0 Å². The average molecular weight is 227 g/mol. The third-order valence-electron chi connectivity index (χ3n) is 3.95. The highest BCUT2D eigenvalue weighted by atomic mass is 16.5. The van der Waals surface area contributed by atoms with Crippen molar-refractivity contribution in [3.63, 3.8) is 0 Å². The lowest BCUT2D eigenvalue weighted by molar-refractivity contribution is 0.133. The number of methoxy groups -OCH3 is 1. The molecule has 0 saturated heterocycles. The van der Waals surface area contributed by atoms with Gasteiger partial charge in [0, 0.05) is 19.8 Å². The molecule has 0 heterocycles. The highest BCUT2D eigenvalue weighted by Crippen LogP contribution is 2.35. The van der Waals surface area contributed by atoms with Gasteiger partial charge in [-0.05, 0) is 49.4 Å². The molecule has 0 aromatic heterocycles. The maximum atomic E-state index is 6.35. The van der Waals surface area contributed by atoms with E-state index in [2.05, 4.69) is 20.8 Å². The van der Waals surface area contributed by atoms with Gasteiger partial charge in [0.05, 0.1) is 0 Å². The van der Waals surface area contributed by atoms with Crippen LogP contribution in [0.5, 0.6) is 0 Å². The van der Waals surface area contributed by atoms with Gasteiger partial charge >= 0.3 is 0 Å². The number of nitrogens with two attached hydrogens (primary N) is 1. The lowest BCUT2D eigenvalue weighted by atomic mass is 9.72. The van der Waals surface area contributed by atoms with Gasteiger partial charge < -0.3 is 10.5 Å². The van der Waals surface area contributed by atoms with E-state index >= 15 is 0 Å². The number of hydrogen-bond donors (Lipinski definition) is 1. The first-order valence-corrected chi connectivity index (χ1v) is 6.77. The molecule has 4 unspecified atom stereocenters. The summed E-state index contributed by atoms with van der Waals surface area (Å²) < 4.78 is 5.18. The van der Waals surface area contributed by atoms with Crippen LogP contribution >= 0.6 is 0 Å². The molecule has 0 spiro atoms. The summed E-state index contributed by atoms with van der Waals surface area (Å²) in [5.74, 6) is 3.04. The second kappa shape index (κ2) is 6.61. The summed E-state index contributed by atoms with van der Waals surface area (Å²) in [5.41, 5.74) is 6.35. The fourth-order valence-corrected chi connectivity index (χ4v) is 3.37. The fraction of sp³-hybridized carbons (Fsp3) is 1.00. The molecule has 1 aliphatic rings. The summed E-state index contributed by atoms with van der Waals surface area (Å²) in [6.07, 6.45) is 5.14. The van der Waals surface area contributed by atoms with Gasteiger partial charge in [-0.15, -0.1) is 0 Å². The maximum absolute atomic E-state index is 6.35. The fourth-order valence-electron chi connectivity index (χ4n) is 3.37. The summed E-state index contributed by atoms with van der Waals surface area (Å²) in [6, 6.07) is 0.371. The van der Waals surface area contributed by atoms with Gasteiger partial charge in [0.25, 0.3) is 0 Å². The van der Waals surface area contributed by atoms with E-state index in [4.69, 9.17) is 10.5 Å². The zero-order chi connectivity index (χ0) is 12.1. The zero-order valence-corrected chi connectivity index (χ0v) is 11.4. The molecule has 0 aromatic rings. The highest BCUT2D eigenvalue weighted by Gasteiger charge is 2.28. The Kier molecular flexibility index (Phi) is 5.77. The van der Waals surface area contributed by atoms with E-state index in [1.165, 1.54) is 19.3 Å². The van der Waals surface area contributed by atoms with Crippen molar-refractivity contribution < 1.29 is 4.74 Å². The Morgan fingerprint density at radius 2 is 1.75 bits per heavy atom. The summed E-state index contributed by atoms with van der Waals surface area (Å²) in [5, 5.41) is 0. The molecule has 4 atom stereocenters. The second-order valence-corrected chi connectivity index (χ2v) is 6.14. The minimum Gasteiger partial charge on any atom is -0.384 e. The van der Waals surface area contributed by atoms with Gasteiger partial charge in [-0.2, -0.15) is 0 Å². The summed E-state index contributed by atoms with van der Waals surface area (Å²) >= 11 is 0. The van der Waals surface area contributed by atoms with Gasteiger partial charge in [0.15, 0.2) is 0 Å². The smallest absolute Gasteiger partial charge is 0.0488 e. The van der Waals surface area contributed by atoms with E-state index in [1.807, 2.05) is 0 Å². The third kappa shape index (κ3) is 4.42. The minimum absolute atomic E-state index is 0.371. The van der Waals surface area contributed by atoms with Crippen LogP contribution < -0.4 is 5.73 Å². The molecule has 1 fully saturated rings. The predicted molar refractivity (Wildman–Crippen MR) is 69.3 cm³/mol. The Bertz CT molecular complexity index is 185. The van der Waals surface area contributed by atoms with Crippen LogP contribution in [0.3, 0.4) is 0 Å². The standard InChI is InChI=1S/C14H29NO/c1-10-5-11(2)7-13(6-10)14(15)8-12(3)9-16-4/h10-14H,5-9,15H2,1-4H3. The van der Waals surface area contributed by atoms with Crippen molar-refractivity contribution in [1.82, 2.24) is 0 Å². The lowest BCUT2D eigenvalue weighted by Gasteiger charge is -2.35. The number of hydrogen-bond acceptors (Lipinski definition) is 2. The van der Waals surface area contributed by atoms with Crippen molar-refractivity contribution in [3.05, 3.63) is 0 Å². The molecule has 1 rings (SSSR count). The van der Waals surface area contributed by atoms with Crippen LogP contribution in [-0.2, 0) is 4.74 Å². The normalized spacial score (nSPS) is 34.7. The van der Waals surface area contributed by atoms with E-state index < -0.39 is 0 Å².